The number of ether oxygens (including phenoxy) is 1. The zero-order chi connectivity index (χ0) is 20.1. The van der Waals surface area contributed by atoms with Crippen molar-refractivity contribution in [2.45, 2.75) is 44.6 Å². The fraction of sp³-hybridized carbons (Fsp3) is 0.269. The fourth-order valence-corrected chi connectivity index (χ4v) is 4.26. The number of amides is 1. The lowest BCUT2D eigenvalue weighted by Crippen LogP contribution is -2.37. The number of carbonyl (C=O) groups is 1. The Morgan fingerprint density at radius 2 is 1.59 bits per heavy atom. The summed E-state index contributed by atoms with van der Waals surface area (Å²) in [5.41, 5.74) is 3.67. The number of hydrogen-bond acceptors (Lipinski definition) is 2. The number of rotatable bonds is 6. The Hall–Kier alpha value is -3.07. The maximum absolute atomic E-state index is 13.3. The summed E-state index contributed by atoms with van der Waals surface area (Å²) in [7, 11) is 0. The zero-order valence-electron chi connectivity index (χ0n) is 16.9. The molecule has 1 saturated carbocycles. The number of aryl methyl sites for hydroxylation is 1. The molecule has 0 aromatic heterocycles. The highest BCUT2D eigenvalue weighted by Gasteiger charge is 2.42. The molecule has 1 amide bonds. The van der Waals surface area contributed by atoms with E-state index in [4.69, 9.17) is 4.74 Å². The van der Waals surface area contributed by atoms with Gasteiger partial charge in [0.25, 0.3) is 0 Å². The van der Waals surface area contributed by atoms with E-state index >= 15 is 0 Å². The van der Waals surface area contributed by atoms with Crippen molar-refractivity contribution in [3.8, 4) is 5.75 Å². The third-order valence-corrected chi connectivity index (χ3v) is 5.89. The quantitative estimate of drug-likeness (QED) is 0.563. The molecule has 4 rings (SSSR count). The minimum absolute atomic E-state index is 0.0959. The molecule has 1 N–H and O–H groups in total. The van der Waals surface area contributed by atoms with Crippen LogP contribution < -0.4 is 10.1 Å². The first-order chi connectivity index (χ1) is 14.2. The fourth-order valence-electron chi connectivity index (χ4n) is 4.26. The average molecular weight is 386 g/mol. The van der Waals surface area contributed by atoms with Crippen LogP contribution in [0.1, 0.15) is 42.4 Å². The normalized spacial score (nSPS) is 15.1. The van der Waals surface area contributed by atoms with Gasteiger partial charge in [-0.1, -0.05) is 73.5 Å². The van der Waals surface area contributed by atoms with Gasteiger partial charge in [-0.15, -0.1) is 0 Å². The van der Waals surface area contributed by atoms with Crippen molar-refractivity contribution < 1.29 is 9.53 Å². The molecule has 0 spiro atoms. The van der Waals surface area contributed by atoms with Gasteiger partial charge < -0.3 is 10.1 Å². The lowest BCUT2D eigenvalue weighted by molar-refractivity contribution is -0.121. The first kappa shape index (κ1) is 19.3. The van der Waals surface area contributed by atoms with E-state index in [9.17, 15) is 4.79 Å². The number of hydrogen-bond donors (Lipinski definition) is 1. The lowest BCUT2D eigenvalue weighted by Gasteiger charge is -2.28. The standard InChI is InChI=1S/C26H27NO2/c1-20-18-23(14-15-24(20)29-19-21-10-4-2-5-11-21)27-25(28)26(16-8-9-17-26)22-12-6-3-7-13-22/h2-7,10-15,18H,8-9,16-17,19H2,1H3,(H,27,28). The largest absolute Gasteiger partial charge is 0.489 e. The predicted molar refractivity (Wildman–Crippen MR) is 117 cm³/mol. The van der Waals surface area contributed by atoms with Crippen LogP contribution in [0.4, 0.5) is 5.69 Å². The molecule has 0 radical (unpaired) electrons. The molecule has 148 valence electrons. The van der Waals surface area contributed by atoms with Crippen LogP contribution in [0.25, 0.3) is 0 Å². The second-order valence-electron chi connectivity index (χ2n) is 7.86. The topological polar surface area (TPSA) is 38.3 Å². The van der Waals surface area contributed by atoms with Crippen molar-refractivity contribution in [1.29, 1.82) is 0 Å². The number of anilines is 1. The van der Waals surface area contributed by atoms with Crippen molar-refractivity contribution in [3.63, 3.8) is 0 Å². The Labute approximate surface area is 172 Å². The van der Waals surface area contributed by atoms with Crippen LogP contribution in [0.3, 0.4) is 0 Å². The van der Waals surface area contributed by atoms with Crippen LogP contribution >= 0.6 is 0 Å². The molecule has 3 heteroatoms. The van der Waals surface area contributed by atoms with Crippen LogP contribution in [-0.2, 0) is 16.8 Å². The summed E-state index contributed by atoms with van der Waals surface area (Å²) < 4.78 is 5.96. The molecule has 0 unspecified atom stereocenters. The summed E-state index contributed by atoms with van der Waals surface area (Å²) >= 11 is 0. The van der Waals surface area contributed by atoms with Gasteiger partial charge in [-0.05, 0) is 54.7 Å². The predicted octanol–water partition coefficient (Wildman–Crippen LogP) is 6.02. The molecule has 0 aliphatic heterocycles. The van der Waals surface area contributed by atoms with E-state index in [0.29, 0.717) is 6.61 Å². The maximum atomic E-state index is 13.3. The van der Waals surface area contributed by atoms with E-state index in [1.165, 1.54) is 0 Å². The van der Waals surface area contributed by atoms with Crippen molar-refractivity contribution in [2.75, 3.05) is 5.32 Å². The summed E-state index contributed by atoms with van der Waals surface area (Å²) in [6, 6.07) is 26.2. The molecular formula is C26H27NO2. The molecule has 29 heavy (non-hydrogen) atoms. The maximum Gasteiger partial charge on any atom is 0.235 e. The summed E-state index contributed by atoms with van der Waals surface area (Å²) in [6.45, 7) is 2.54. The van der Waals surface area contributed by atoms with Crippen molar-refractivity contribution in [3.05, 3.63) is 95.6 Å². The molecule has 1 aliphatic carbocycles. The lowest BCUT2D eigenvalue weighted by atomic mass is 9.78. The van der Waals surface area contributed by atoms with Crippen LogP contribution in [0.15, 0.2) is 78.9 Å². The molecule has 0 bridgehead atoms. The monoisotopic (exact) mass is 385 g/mol. The smallest absolute Gasteiger partial charge is 0.235 e. The molecule has 0 atom stereocenters. The first-order valence-corrected chi connectivity index (χ1v) is 10.3. The number of nitrogens with one attached hydrogen (secondary N) is 1. The molecule has 1 aliphatic rings. The zero-order valence-corrected chi connectivity index (χ0v) is 16.9. The van der Waals surface area contributed by atoms with Gasteiger partial charge in [0.1, 0.15) is 12.4 Å². The van der Waals surface area contributed by atoms with Crippen LogP contribution in [0.5, 0.6) is 5.75 Å². The van der Waals surface area contributed by atoms with E-state index in [0.717, 1.165) is 53.8 Å². The second kappa shape index (κ2) is 8.52. The Morgan fingerprint density at radius 3 is 2.24 bits per heavy atom. The number of benzene rings is 3. The van der Waals surface area contributed by atoms with E-state index in [1.54, 1.807) is 0 Å². The second-order valence-corrected chi connectivity index (χ2v) is 7.86. The van der Waals surface area contributed by atoms with E-state index in [-0.39, 0.29) is 5.91 Å². The number of carbonyl (C=O) groups excluding carboxylic acids is 1. The summed E-state index contributed by atoms with van der Waals surface area (Å²) in [4.78, 5) is 13.3. The highest BCUT2D eigenvalue weighted by Crippen LogP contribution is 2.42. The van der Waals surface area contributed by atoms with Gasteiger partial charge in [0, 0.05) is 5.69 Å². The Balaban J connectivity index is 1.47. The molecule has 3 nitrogen and oxygen atoms in total. The molecule has 3 aromatic rings. The van der Waals surface area contributed by atoms with Crippen molar-refractivity contribution in [1.82, 2.24) is 0 Å². The van der Waals surface area contributed by atoms with E-state index in [1.807, 2.05) is 61.5 Å². The third kappa shape index (κ3) is 4.19. The third-order valence-electron chi connectivity index (χ3n) is 5.89. The van der Waals surface area contributed by atoms with Gasteiger partial charge in [0.2, 0.25) is 5.91 Å². The summed E-state index contributed by atoms with van der Waals surface area (Å²) in [5.74, 6) is 0.934. The van der Waals surface area contributed by atoms with Crippen LogP contribution in [0, 0.1) is 6.92 Å². The summed E-state index contributed by atoms with van der Waals surface area (Å²) in [5, 5.41) is 3.17. The minimum Gasteiger partial charge on any atom is -0.489 e. The van der Waals surface area contributed by atoms with E-state index in [2.05, 4.69) is 29.6 Å². The van der Waals surface area contributed by atoms with Gasteiger partial charge in [-0.2, -0.15) is 0 Å². The van der Waals surface area contributed by atoms with Gasteiger partial charge >= 0.3 is 0 Å². The van der Waals surface area contributed by atoms with Crippen molar-refractivity contribution >= 4 is 11.6 Å². The van der Waals surface area contributed by atoms with E-state index < -0.39 is 5.41 Å². The first-order valence-electron chi connectivity index (χ1n) is 10.3. The molecule has 1 fully saturated rings. The van der Waals surface area contributed by atoms with Gasteiger partial charge in [-0.3, -0.25) is 4.79 Å². The van der Waals surface area contributed by atoms with Gasteiger partial charge in [0.05, 0.1) is 5.41 Å². The molecule has 0 saturated heterocycles. The molecular weight excluding hydrogens is 358 g/mol. The Bertz CT molecular complexity index is 961. The molecule has 3 aromatic carbocycles. The molecule has 0 heterocycles. The highest BCUT2D eigenvalue weighted by atomic mass is 16.5. The Kier molecular flexibility index (Phi) is 5.66. The van der Waals surface area contributed by atoms with Gasteiger partial charge in [-0.25, -0.2) is 0 Å². The Morgan fingerprint density at radius 1 is 0.931 bits per heavy atom. The van der Waals surface area contributed by atoms with Crippen LogP contribution in [0.2, 0.25) is 0 Å². The average Bonchev–Trinajstić information content (AvgIpc) is 3.26. The van der Waals surface area contributed by atoms with Gasteiger partial charge in [0.15, 0.2) is 0 Å². The minimum atomic E-state index is -0.419. The highest BCUT2D eigenvalue weighted by molar-refractivity contribution is 5.99. The SMILES string of the molecule is Cc1cc(NC(=O)C2(c3ccccc3)CCCC2)ccc1OCc1ccccc1. The van der Waals surface area contributed by atoms with Crippen molar-refractivity contribution in [2.24, 2.45) is 0 Å². The summed E-state index contributed by atoms with van der Waals surface area (Å²) in [6.07, 6.45) is 3.99. The van der Waals surface area contributed by atoms with Crippen LogP contribution in [-0.4, -0.2) is 5.91 Å².